The summed E-state index contributed by atoms with van der Waals surface area (Å²) in [6, 6.07) is 1.93. The third kappa shape index (κ3) is 1.92. The number of fused-ring (bicyclic) bond motifs is 1. The van der Waals surface area contributed by atoms with E-state index in [0.29, 0.717) is 0 Å². The van der Waals surface area contributed by atoms with E-state index in [-0.39, 0.29) is 30.0 Å². The smallest absolute Gasteiger partial charge is 0.203 e. The van der Waals surface area contributed by atoms with Crippen LogP contribution in [0.25, 0.3) is 11.0 Å². The first kappa shape index (κ1) is 13.2. The number of nitrogens with zero attached hydrogens (tertiary/aromatic N) is 2. The number of anilines is 1. The number of nitrogen functional groups attached to an aromatic ring is 1. The first-order valence-electron chi connectivity index (χ1n) is 6.08. The van der Waals surface area contributed by atoms with E-state index >= 15 is 0 Å². The van der Waals surface area contributed by atoms with Crippen LogP contribution in [-0.4, -0.2) is 38.6 Å². The monoisotopic (exact) mass is 285 g/mol. The lowest BCUT2D eigenvalue weighted by molar-refractivity contribution is -0.0423. The number of ether oxygens (including phenoxy) is 1. The molecular weight excluding hydrogens is 272 g/mol. The second-order valence-electron chi connectivity index (χ2n) is 4.71. The highest BCUT2D eigenvalue weighted by molar-refractivity contribution is 5.78. The fourth-order valence-electron chi connectivity index (χ4n) is 2.45. The number of halogens is 2. The van der Waals surface area contributed by atoms with Crippen molar-refractivity contribution in [1.29, 1.82) is 0 Å². The molecule has 1 aliphatic heterocycles. The maximum absolute atomic E-state index is 13.4. The van der Waals surface area contributed by atoms with Crippen LogP contribution < -0.4 is 5.73 Å². The molecule has 1 aliphatic rings. The molecule has 4 N–H and O–H groups in total. The highest BCUT2D eigenvalue weighted by Crippen LogP contribution is 2.34. The van der Waals surface area contributed by atoms with Gasteiger partial charge in [0, 0.05) is 18.6 Å². The molecule has 0 radical (unpaired) electrons. The van der Waals surface area contributed by atoms with Crippen molar-refractivity contribution < 1.29 is 23.7 Å². The van der Waals surface area contributed by atoms with Crippen molar-refractivity contribution in [2.45, 2.75) is 24.9 Å². The van der Waals surface area contributed by atoms with Gasteiger partial charge in [0.25, 0.3) is 0 Å². The van der Waals surface area contributed by atoms with Crippen LogP contribution in [0.4, 0.5) is 14.7 Å². The molecule has 3 atom stereocenters. The van der Waals surface area contributed by atoms with Crippen molar-refractivity contribution in [3.63, 3.8) is 0 Å². The first-order valence-corrected chi connectivity index (χ1v) is 6.08. The lowest BCUT2D eigenvalue weighted by Crippen LogP contribution is -2.24. The minimum atomic E-state index is -1.02. The Morgan fingerprint density at radius 1 is 1.40 bits per heavy atom. The molecule has 2 heterocycles. The summed E-state index contributed by atoms with van der Waals surface area (Å²) in [6.07, 6.45) is -2.09. The highest BCUT2D eigenvalue weighted by atomic mass is 19.2. The van der Waals surface area contributed by atoms with E-state index in [2.05, 4.69) is 4.98 Å². The summed E-state index contributed by atoms with van der Waals surface area (Å²) in [5.74, 6) is -2.00. The first-order chi connectivity index (χ1) is 9.51. The fourth-order valence-corrected chi connectivity index (χ4v) is 2.45. The average Bonchev–Trinajstić information content (AvgIpc) is 2.90. The van der Waals surface area contributed by atoms with Gasteiger partial charge in [0.2, 0.25) is 5.95 Å². The van der Waals surface area contributed by atoms with Crippen molar-refractivity contribution in [1.82, 2.24) is 9.55 Å². The Morgan fingerprint density at radius 3 is 2.75 bits per heavy atom. The van der Waals surface area contributed by atoms with Crippen LogP contribution in [0.15, 0.2) is 12.1 Å². The number of aliphatic hydroxyl groups excluding tert-OH is 2. The van der Waals surface area contributed by atoms with Crippen molar-refractivity contribution >= 4 is 17.0 Å². The molecule has 1 aromatic heterocycles. The lowest BCUT2D eigenvalue weighted by atomic mass is 10.2. The number of aromatic nitrogens is 2. The summed E-state index contributed by atoms with van der Waals surface area (Å²) in [7, 11) is 0. The molecule has 6 nitrogen and oxygen atoms in total. The number of imidazole rings is 1. The number of benzene rings is 1. The van der Waals surface area contributed by atoms with Crippen LogP contribution in [0.2, 0.25) is 0 Å². The van der Waals surface area contributed by atoms with Crippen molar-refractivity contribution in [3.05, 3.63) is 23.8 Å². The largest absolute Gasteiger partial charge is 0.394 e. The molecule has 20 heavy (non-hydrogen) atoms. The van der Waals surface area contributed by atoms with E-state index in [9.17, 15) is 13.9 Å². The van der Waals surface area contributed by atoms with Crippen molar-refractivity contribution in [2.24, 2.45) is 0 Å². The highest BCUT2D eigenvalue weighted by Gasteiger charge is 2.36. The molecular formula is C12H13F2N3O3. The third-order valence-electron chi connectivity index (χ3n) is 3.43. The molecule has 2 aromatic rings. The Bertz CT molecular complexity index is 661. The second-order valence-corrected chi connectivity index (χ2v) is 4.71. The zero-order chi connectivity index (χ0) is 14.4. The second kappa shape index (κ2) is 4.65. The Kier molecular flexibility index (Phi) is 3.08. The van der Waals surface area contributed by atoms with E-state index in [1.54, 1.807) is 0 Å². The van der Waals surface area contributed by atoms with E-state index in [0.717, 1.165) is 12.1 Å². The summed E-state index contributed by atoms with van der Waals surface area (Å²) < 4.78 is 33.4. The van der Waals surface area contributed by atoms with Crippen molar-refractivity contribution in [2.75, 3.05) is 12.3 Å². The zero-order valence-electron chi connectivity index (χ0n) is 10.3. The van der Waals surface area contributed by atoms with Gasteiger partial charge in [0.15, 0.2) is 11.6 Å². The Hall–Kier alpha value is -1.77. The SMILES string of the molecule is Nc1nc2cc(F)c(F)cc2n1[C@H]1C[C@H](O)[C@@H](CO)O1. The minimum absolute atomic E-state index is 0.0285. The molecule has 0 saturated carbocycles. The van der Waals surface area contributed by atoms with E-state index in [1.165, 1.54) is 4.57 Å². The fraction of sp³-hybridized carbons (Fsp3) is 0.417. The van der Waals surface area contributed by atoms with Gasteiger partial charge in [0.1, 0.15) is 12.3 Å². The van der Waals surface area contributed by atoms with Crippen LogP contribution in [0, 0.1) is 11.6 Å². The quantitative estimate of drug-likeness (QED) is 0.748. The van der Waals surface area contributed by atoms with Crippen LogP contribution in [0.3, 0.4) is 0 Å². The molecule has 0 amide bonds. The van der Waals surface area contributed by atoms with Crippen LogP contribution in [0.5, 0.6) is 0 Å². The minimum Gasteiger partial charge on any atom is -0.394 e. The number of rotatable bonds is 2. The molecule has 0 aliphatic carbocycles. The molecule has 1 aromatic carbocycles. The van der Waals surface area contributed by atoms with Gasteiger partial charge in [-0.1, -0.05) is 0 Å². The van der Waals surface area contributed by atoms with Gasteiger partial charge >= 0.3 is 0 Å². The molecule has 0 spiro atoms. The van der Waals surface area contributed by atoms with E-state index < -0.39 is 30.1 Å². The summed E-state index contributed by atoms with van der Waals surface area (Å²) >= 11 is 0. The molecule has 1 fully saturated rings. The van der Waals surface area contributed by atoms with Gasteiger partial charge in [-0.25, -0.2) is 13.8 Å². The molecule has 0 unspecified atom stereocenters. The van der Waals surface area contributed by atoms with E-state index in [4.69, 9.17) is 15.6 Å². The standard InChI is InChI=1S/C12H13F2N3O3/c13-5-1-7-8(2-6(5)14)17(12(15)16-7)11-3-9(19)10(4-18)20-11/h1-2,9-11,18-19H,3-4H2,(H2,15,16)/t9-,10+,11+/m0/s1. The Morgan fingerprint density at radius 2 is 2.10 bits per heavy atom. The number of nitrogens with two attached hydrogens (primary N) is 1. The number of hydrogen-bond acceptors (Lipinski definition) is 5. The predicted octanol–water partition coefficient (Wildman–Crippen LogP) is 0.537. The molecule has 3 rings (SSSR count). The topological polar surface area (TPSA) is 93.5 Å². The molecule has 8 heteroatoms. The maximum atomic E-state index is 13.4. The van der Waals surface area contributed by atoms with Crippen LogP contribution in [-0.2, 0) is 4.74 Å². The summed E-state index contributed by atoms with van der Waals surface area (Å²) in [5, 5.41) is 18.8. The Labute approximate surface area is 112 Å². The van der Waals surface area contributed by atoms with Crippen LogP contribution in [0.1, 0.15) is 12.6 Å². The molecule has 1 saturated heterocycles. The van der Waals surface area contributed by atoms with E-state index in [1.807, 2.05) is 0 Å². The molecule has 108 valence electrons. The van der Waals surface area contributed by atoms with Gasteiger partial charge in [-0.2, -0.15) is 0 Å². The van der Waals surface area contributed by atoms with Gasteiger partial charge in [-0.3, -0.25) is 4.57 Å². The van der Waals surface area contributed by atoms with Gasteiger partial charge in [-0.15, -0.1) is 0 Å². The number of hydrogen-bond donors (Lipinski definition) is 3. The van der Waals surface area contributed by atoms with Crippen molar-refractivity contribution in [3.8, 4) is 0 Å². The lowest BCUT2D eigenvalue weighted by Gasteiger charge is -2.15. The van der Waals surface area contributed by atoms with Gasteiger partial charge in [-0.05, 0) is 0 Å². The normalized spacial score (nSPS) is 26.5. The summed E-state index contributed by atoms with van der Waals surface area (Å²) in [4.78, 5) is 3.95. The molecule has 0 bridgehead atoms. The third-order valence-corrected chi connectivity index (χ3v) is 3.43. The predicted molar refractivity (Wildman–Crippen MR) is 65.7 cm³/mol. The Balaban J connectivity index is 2.08. The van der Waals surface area contributed by atoms with Gasteiger partial charge < -0.3 is 20.7 Å². The van der Waals surface area contributed by atoms with Crippen LogP contribution >= 0.6 is 0 Å². The average molecular weight is 285 g/mol. The number of aliphatic hydroxyl groups is 2. The van der Waals surface area contributed by atoms with Gasteiger partial charge in [0.05, 0.1) is 23.7 Å². The summed E-state index contributed by atoms with van der Waals surface area (Å²) in [5.41, 5.74) is 6.22. The zero-order valence-corrected chi connectivity index (χ0v) is 10.3. The summed E-state index contributed by atoms with van der Waals surface area (Å²) in [6.45, 7) is -0.340. The maximum Gasteiger partial charge on any atom is 0.203 e.